The van der Waals surface area contributed by atoms with E-state index in [0.717, 1.165) is 22.0 Å². The zero-order valence-corrected chi connectivity index (χ0v) is 15.6. The van der Waals surface area contributed by atoms with E-state index in [1.165, 1.54) is 0 Å². The van der Waals surface area contributed by atoms with Crippen LogP contribution in [0.3, 0.4) is 0 Å². The first-order valence-corrected chi connectivity index (χ1v) is 10.0. The van der Waals surface area contributed by atoms with Crippen molar-refractivity contribution in [2.45, 2.75) is 16.8 Å². The molecule has 132 valence electrons. The standard InChI is InChI=1S/C23H17NO2S/c1-18-11-13-21(14-12-18)27(25,26)23-17-20-9-5-6-10-22(20)24(23)16-15-19-7-3-2-4-8-19/h2-14,17H,1H3. The molecule has 0 saturated heterocycles. The van der Waals surface area contributed by atoms with E-state index >= 15 is 0 Å². The number of rotatable bonds is 2. The highest BCUT2D eigenvalue weighted by Gasteiger charge is 2.23. The van der Waals surface area contributed by atoms with Gasteiger partial charge in [-0.1, -0.05) is 54.1 Å². The van der Waals surface area contributed by atoms with Gasteiger partial charge >= 0.3 is 0 Å². The number of hydrogen-bond donors (Lipinski definition) is 0. The molecule has 0 aliphatic rings. The molecule has 0 unspecified atom stereocenters. The average Bonchev–Trinajstić information content (AvgIpc) is 3.07. The van der Waals surface area contributed by atoms with Gasteiger partial charge in [0, 0.05) is 17.0 Å². The van der Waals surface area contributed by atoms with E-state index in [1.807, 2.05) is 61.5 Å². The highest BCUT2D eigenvalue weighted by Crippen LogP contribution is 2.27. The van der Waals surface area contributed by atoms with Crippen LogP contribution in [0.5, 0.6) is 0 Å². The van der Waals surface area contributed by atoms with Crippen molar-refractivity contribution >= 4 is 20.7 Å². The van der Waals surface area contributed by atoms with Crippen LogP contribution in [0.25, 0.3) is 10.9 Å². The summed E-state index contributed by atoms with van der Waals surface area (Å²) in [5.74, 6) is 3.06. The van der Waals surface area contributed by atoms with Crippen LogP contribution in [0.1, 0.15) is 11.1 Å². The maximum absolute atomic E-state index is 13.3. The van der Waals surface area contributed by atoms with Crippen LogP contribution in [0.4, 0.5) is 0 Å². The Bertz CT molecular complexity index is 1270. The number of para-hydroxylation sites is 1. The van der Waals surface area contributed by atoms with Gasteiger partial charge in [0.1, 0.15) is 0 Å². The third kappa shape index (κ3) is 3.25. The Morgan fingerprint density at radius 1 is 0.815 bits per heavy atom. The summed E-state index contributed by atoms with van der Waals surface area (Å²) >= 11 is 0. The molecule has 3 aromatic carbocycles. The first-order valence-electron chi connectivity index (χ1n) is 8.55. The van der Waals surface area contributed by atoms with E-state index in [2.05, 4.69) is 12.0 Å². The molecule has 1 heterocycles. The summed E-state index contributed by atoms with van der Waals surface area (Å²) in [7, 11) is -3.69. The summed E-state index contributed by atoms with van der Waals surface area (Å²) in [5.41, 5.74) is 2.61. The molecule has 0 spiro atoms. The molecule has 0 amide bonds. The van der Waals surface area contributed by atoms with Gasteiger partial charge in [-0.05, 0) is 49.2 Å². The van der Waals surface area contributed by atoms with Gasteiger partial charge in [-0.2, -0.15) is 0 Å². The molecule has 4 aromatic rings. The number of aromatic nitrogens is 1. The molecule has 0 fully saturated rings. The molecule has 0 N–H and O–H groups in total. The van der Waals surface area contributed by atoms with Gasteiger partial charge in [-0.15, -0.1) is 0 Å². The van der Waals surface area contributed by atoms with Crippen molar-refractivity contribution in [1.82, 2.24) is 4.57 Å². The second-order valence-electron chi connectivity index (χ2n) is 6.30. The van der Waals surface area contributed by atoms with Crippen molar-refractivity contribution in [3.63, 3.8) is 0 Å². The summed E-state index contributed by atoms with van der Waals surface area (Å²) in [6, 6.07) is 28.6. The molecule has 27 heavy (non-hydrogen) atoms. The Labute approximate surface area is 158 Å². The highest BCUT2D eigenvalue weighted by molar-refractivity contribution is 7.91. The third-order valence-electron chi connectivity index (χ3n) is 4.37. The lowest BCUT2D eigenvalue weighted by Crippen LogP contribution is -2.07. The van der Waals surface area contributed by atoms with Crippen LogP contribution in [0.2, 0.25) is 0 Å². The normalized spacial score (nSPS) is 11.1. The van der Waals surface area contributed by atoms with Gasteiger partial charge in [-0.3, -0.25) is 4.57 Å². The van der Waals surface area contributed by atoms with E-state index in [9.17, 15) is 8.42 Å². The molecular formula is C23H17NO2S. The maximum atomic E-state index is 13.3. The number of fused-ring (bicyclic) bond motifs is 1. The average molecular weight is 371 g/mol. The molecule has 0 saturated carbocycles. The zero-order valence-electron chi connectivity index (χ0n) is 14.8. The molecule has 3 nitrogen and oxygen atoms in total. The molecule has 1 aromatic heterocycles. The molecule has 0 bridgehead atoms. The summed E-state index contributed by atoms with van der Waals surface area (Å²) < 4.78 is 28.1. The monoisotopic (exact) mass is 371 g/mol. The zero-order chi connectivity index (χ0) is 18.9. The minimum atomic E-state index is -3.69. The number of benzene rings is 3. The fraction of sp³-hybridized carbons (Fsp3) is 0.0435. The molecule has 4 heteroatoms. The lowest BCUT2D eigenvalue weighted by Gasteiger charge is -2.06. The molecule has 4 rings (SSSR count). The van der Waals surface area contributed by atoms with Gasteiger partial charge in [0.2, 0.25) is 9.84 Å². The third-order valence-corrected chi connectivity index (χ3v) is 6.11. The van der Waals surface area contributed by atoms with Crippen LogP contribution in [0, 0.1) is 18.9 Å². The summed E-state index contributed by atoms with van der Waals surface area (Å²) in [6.07, 6.45) is 0. The van der Waals surface area contributed by atoms with E-state index < -0.39 is 9.84 Å². The Hall–Kier alpha value is -3.29. The largest absolute Gasteiger partial charge is 0.258 e. The summed E-state index contributed by atoms with van der Waals surface area (Å²) in [6.45, 7) is 1.93. The van der Waals surface area contributed by atoms with Gasteiger partial charge in [0.05, 0.1) is 10.4 Å². The Kier molecular flexibility index (Phi) is 4.31. The lowest BCUT2D eigenvalue weighted by atomic mass is 10.2. The maximum Gasteiger partial charge on any atom is 0.223 e. The SMILES string of the molecule is Cc1ccc(S(=O)(=O)c2cc3ccccc3n2C#Cc2ccccc2)cc1. The van der Waals surface area contributed by atoms with Crippen LogP contribution in [-0.2, 0) is 9.84 Å². The number of nitrogens with zero attached hydrogens (tertiary/aromatic N) is 1. The van der Waals surface area contributed by atoms with Crippen LogP contribution in [-0.4, -0.2) is 13.0 Å². The van der Waals surface area contributed by atoms with E-state index in [1.54, 1.807) is 34.9 Å². The predicted molar refractivity (Wildman–Crippen MR) is 107 cm³/mol. The fourth-order valence-corrected chi connectivity index (χ4v) is 4.33. The Morgan fingerprint density at radius 2 is 1.48 bits per heavy atom. The first-order chi connectivity index (χ1) is 13.1. The van der Waals surface area contributed by atoms with Gasteiger partial charge in [0.25, 0.3) is 0 Å². The Balaban J connectivity index is 1.93. The highest BCUT2D eigenvalue weighted by atomic mass is 32.2. The molecule has 0 aliphatic carbocycles. The quantitative estimate of drug-likeness (QED) is 0.482. The minimum Gasteiger partial charge on any atom is -0.258 e. The number of aryl methyl sites for hydroxylation is 1. The molecular weight excluding hydrogens is 354 g/mol. The molecule has 0 atom stereocenters. The van der Waals surface area contributed by atoms with E-state index in [0.29, 0.717) is 0 Å². The van der Waals surface area contributed by atoms with Gasteiger partial charge in [0.15, 0.2) is 5.03 Å². The topological polar surface area (TPSA) is 39.1 Å². The van der Waals surface area contributed by atoms with E-state index in [4.69, 9.17) is 0 Å². The second kappa shape index (κ2) is 6.79. The predicted octanol–water partition coefficient (Wildman–Crippen LogP) is 4.64. The Morgan fingerprint density at radius 3 is 2.22 bits per heavy atom. The summed E-state index contributed by atoms with van der Waals surface area (Å²) in [5, 5.41) is 1.02. The number of hydrogen-bond acceptors (Lipinski definition) is 2. The van der Waals surface area contributed by atoms with Crippen molar-refractivity contribution in [3.05, 3.63) is 96.1 Å². The van der Waals surface area contributed by atoms with Crippen LogP contribution in [0.15, 0.2) is 94.9 Å². The number of sulfone groups is 1. The fourth-order valence-electron chi connectivity index (χ4n) is 2.92. The minimum absolute atomic E-state index is 0.177. The first kappa shape index (κ1) is 17.1. The molecule has 0 aliphatic heterocycles. The van der Waals surface area contributed by atoms with Crippen molar-refractivity contribution in [2.24, 2.45) is 0 Å². The lowest BCUT2D eigenvalue weighted by molar-refractivity contribution is 0.591. The smallest absolute Gasteiger partial charge is 0.223 e. The van der Waals surface area contributed by atoms with Crippen molar-refractivity contribution in [3.8, 4) is 12.0 Å². The van der Waals surface area contributed by atoms with Gasteiger partial charge < -0.3 is 0 Å². The van der Waals surface area contributed by atoms with Crippen LogP contribution >= 0.6 is 0 Å². The second-order valence-corrected chi connectivity index (χ2v) is 8.19. The van der Waals surface area contributed by atoms with Gasteiger partial charge in [-0.25, -0.2) is 8.42 Å². The summed E-state index contributed by atoms with van der Waals surface area (Å²) in [4.78, 5) is 0.263. The van der Waals surface area contributed by atoms with E-state index in [-0.39, 0.29) is 9.92 Å². The van der Waals surface area contributed by atoms with Crippen molar-refractivity contribution < 1.29 is 8.42 Å². The molecule has 0 radical (unpaired) electrons. The van der Waals surface area contributed by atoms with Crippen molar-refractivity contribution in [1.29, 1.82) is 0 Å². The van der Waals surface area contributed by atoms with Crippen LogP contribution < -0.4 is 0 Å². The van der Waals surface area contributed by atoms with Crippen molar-refractivity contribution in [2.75, 3.05) is 0 Å².